The smallest absolute Gasteiger partial charge is 0.230 e. The molecular weight excluding hydrogens is 428 g/mol. The number of H-pyrrole nitrogens is 1. The Morgan fingerprint density at radius 2 is 2.03 bits per heavy atom. The van der Waals surface area contributed by atoms with Crippen molar-refractivity contribution in [2.24, 2.45) is 11.8 Å². The van der Waals surface area contributed by atoms with Crippen LogP contribution < -0.4 is 10.2 Å². The lowest BCUT2D eigenvalue weighted by Gasteiger charge is -2.36. The van der Waals surface area contributed by atoms with Gasteiger partial charge < -0.3 is 15.2 Å². The van der Waals surface area contributed by atoms with Gasteiger partial charge in [0.2, 0.25) is 5.91 Å². The molecule has 1 saturated heterocycles. The van der Waals surface area contributed by atoms with Gasteiger partial charge in [-0.1, -0.05) is 36.8 Å². The molecule has 3 heterocycles. The number of hydrogen-bond donors (Lipinski definition) is 2. The number of halogens is 1. The van der Waals surface area contributed by atoms with E-state index in [0.717, 1.165) is 39.8 Å². The number of thiazole rings is 1. The van der Waals surface area contributed by atoms with Crippen molar-refractivity contribution >= 4 is 60.8 Å². The van der Waals surface area contributed by atoms with Gasteiger partial charge in [-0.25, -0.2) is 4.98 Å². The van der Waals surface area contributed by atoms with E-state index >= 15 is 0 Å². The number of fused-ring (bicyclic) bond motifs is 2. The van der Waals surface area contributed by atoms with Crippen LogP contribution in [0.2, 0.25) is 5.02 Å². The highest BCUT2D eigenvalue weighted by Crippen LogP contribution is 2.32. The second-order valence-electron chi connectivity index (χ2n) is 8.75. The molecule has 1 aliphatic heterocycles. The fourth-order valence-electron chi connectivity index (χ4n) is 4.67. The van der Waals surface area contributed by atoms with Gasteiger partial charge in [0.15, 0.2) is 5.13 Å². The Hall–Kier alpha value is -2.57. The van der Waals surface area contributed by atoms with Gasteiger partial charge in [0.05, 0.1) is 16.6 Å². The molecular formula is C24H25ClN4OS. The average molecular weight is 453 g/mol. The Morgan fingerprint density at radius 1 is 1.23 bits per heavy atom. The highest BCUT2D eigenvalue weighted by atomic mass is 35.5. The maximum Gasteiger partial charge on any atom is 0.230 e. The van der Waals surface area contributed by atoms with E-state index in [9.17, 15) is 4.79 Å². The summed E-state index contributed by atoms with van der Waals surface area (Å²) in [7, 11) is 0. The molecule has 2 unspecified atom stereocenters. The van der Waals surface area contributed by atoms with Gasteiger partial charge in [-0.15, -0.1) is 0 Å². The maximum atomic E-state index is 12.7. The Kier molecular flexibility index (Phi) is 5.36. The third kappa shape index (κ3) is 4.27. The number of amides is 1. The molecule has 0 aliphatic carbocycles. The van der Waals surface area contributed by atoms with Gasteiger partial charge in [0.1, 0.15) is 0 Å². The number of carbonyl (C=O) groups is 1. The molecule has 2 aromatic carbocycles. The fraction of sp³-hybridized carbons (Fsp3) is 0.333. The highest BCUT2D eigenvalue weighted by Gasteiger charge is 2.22. The number of piperidine rings is 1. The summed E-state index contributed by atoms with van der Waals surface area (Å²) in [5.74, 6) is 1.32. The predicted molar refractivity (Wildman–Crippen MR) is 130 cm³/mol. The average Bonchev–Trinajstić information content (AvgIpc) is 3.29. The topological polar surface area (TPSA) is 61.0 Å². The molecule has 5 nitrogen and oxygen atoms in total. The molecule has 2 N–H and O–H groups in total. The second-order valence-corrected chi connectivity index (χ2v) is 10.2. The number of anilines is 2. The summed E-state index contributed by atoms with van der Waals surface area (Å²) in [6.07, 6.45) is 3.43. The van der Waals surface area contributed by atoms with Crippen LogP contribution in [-0.2, 0) is 11.2 Å². The number of aromatic nitrogens is 2. The minimum absolute atomic E-state index is 0.0844. The summed E-state index contributed by atoms with van der Waals surface area (Å²) in [5, 5.41) is 5.24. The first-order valence-corrected chi connectivity index (χ1v) is 11.8. The molecule has 0 radical (unpaired) electrons. The predicted octanol–water partition coefficient (Wildman–Crippen LogP) is 6.09. The number of rotatable bonds is 4. The van der Waals surface area contributed by atoms with E-state index < -0.39 is 0 Å². The van der Waals surface area contributed by atoms with E-state index in [4.69, 9.17) is 11.6 Å². The van der Waals surface area contributed by atoms with Gasteiger partial charge in [-0.05, 0) is 60.2 Å². The van der Waals surface area contributed by atoms with Crippen LogP contribution in [0.5, 0.6) is 0 Å². The molecule has 1 fully saturated rings. The summed E-state index contributed by atoms with van der Waals surface area (Å²) < 4.78 is 1.09. The number of nitrogens with one attached hydrogen (secondary N) is 2. The van der Waals surface area contributed by atoms with Crippen LogP contribution in [0.3, 0.4) is 0 Å². The van der Waals surface area contributed by atoms with E-state index in [1.807, 2.05) is 24.4 Å². The summed E-state index contributed by atoms with van der Waals surface area (Å²) in [6.45, 7) is 6.83. The molecule has 0 spiro atoms. The Labute approximate surface area is 190 Å². The number of benzene rings is 2. The number of carbonyl (C=O) groups excluding carboxylic acids is 1. The van der Waals surface area contributed by atoms with E-state index in [0.29, 0.717) is 22.0 Å². The number of hydrogen-bond acceptors (Lipinski definition) is 4. The van der Waals surface area contributed by atoms with Crippen LogP contribution >= 0.6 is 22.9 Å². The lowest BCUT2D eigenvalue weighted by Crippen LogP contribution is -2.38. The molecule has 1 aliphatic rings. The summed E-state index contributed by atoms with van der Waals surface area (Å²) >= 11 is 7.64. The molecule has 5 rings (SSSR count). The zero-order chi connectivity index (χ0) is 21.5. The van der Waals surface area contributed by atoms with Crippen LogP contribution in [0, 0.1) is 11.8 Å². The molecule has 2 atom stereocenters. The van der Waals surface area contributed by atoms with E-state index in [-0.39, 0.29) is 12.3 Å². The zero-order valence-corrected chi connectivity index (χ0v) is 19.2. The van der Waals surface area contributed by atoms with Crippen molar-refractivity contribution in [3.63, 3.8) is 0 Å². The number of nitrogens with zero attached hydrogens (tertiary/aromatic N) is 2. The molecule has 160 valence electrons. The first-order chi connectivity index (χ1) is 14.9. The normalized spacial score (nSPS) is 19.3. The van der Waals surface area contributed by atoms with Crippen LogP contribution in [-0.4, -0.2) is 29.0 Å². The lowest BCUT2D eigenvalue weighted by atomic mass is 9.91. The minimum atomic E-state index is -0.0844. The first-order valence-electron chi connectivity index (χ1n) is 10.7. The monoisotopic (exact) mass is 452 g/mol. The van der Waals surface area contributed by atoms with E-state index in [1.54, 1.807) is 0 Å². The molecule has 4 aromatic rings. The van der Waals surface area contributed by atoms with E-state index in [1.165, 1.54) is 23.4 Å². The van der Waals surface area contributed by atoms with Gasteiger partial charge in [0, 0.05) is 40.9 Å². The summed E-state index contributed by atoms with van der Waals surface area (Å²) in [4.78, 5) is 22.9. The zero-order valence-electron chi connectivity index (χ0n) is 17.6. The molecule has 7 heteroatoms. The molecule has 1 amide bonds. The molecule has 31 heavy (non-hydrogen) atoms. The summed E-state index contributed by atoms with van der Waals surface area (Å²) in [5.41, 5.74) is 4.05. The largest absolute Gasteiger partial charge is 0.371 e. The van der Waals surface area contributed by atoms with E-state index in [2.05, 4.69) is 52.2 Å². The van der Waals surface area contributed by atoms with Crippen LogP contribution in [0.15, 0.2) is 42.6 Å². The van der Waals surface area contributed by atoms with Crippen molar-refractivity contribution < 1.29 is 4.79 Å². The second kappa shape index (κ2) is 8.17. The van der Waals surface area contributed by atoms with Crippen molar-refractivity contribution in [1.82, 2.24) is 9.97 Å². The highest BCUT2D eigenvalue weighted by molar-refractivity contribution is 7.22. The van der Waals surface area contributed by atoms with Crippen LogP contribution in [0.4, 0.5) is 10.8 Å². The molecule has 0 saturated carbocycles. The Morgan fingerprint density at radius 3 is 2.84 bits per heavy atom. The molecule has 2 aromatic heterocycles. The van der Waals surface area contributed by atoms with Crippen molar-refractivity contribution in [1.29, 1.82) is 0 Å². The van der Waals surface area contributed by atoms with Crippen molar-refractivity contribution in [2.75, 3.05) is 23.3 Å². The van der Waals surface area contributed by atoms with Gasteiger partial charge in [-0.2, -0.15) is 0 Å². The van der Waals surface area contributed by atoms with Crippen molar-refractivity contribution in [3.05, 3.63) is 53.2 Å². The third-order valence-electron chi connectivity index (χ3n) is 5.93. The standard InChI is InChI=1S/C24H25ClN4OS/c1-14-7-15(2)13-29(12-14)18-4-6-21-22(10-18)31-24(27-21)28-23(30)8-16-11-26-20-5-3-17(25)9-19(16)20/h3-6,9-11,14-15,26H,7-8,12-13H2,1-2H3,(H,27,28,30). The van der Waals surface area contributed by atoms with Crippen molar-refractivity contribution in [3.8, 4) is 0 Å². The SMILES string of the molecule is CC1CC(C)CN(c2ccc3nc(NC(=O)Cc4c[nH]c5ccc(Cl)cc45)sc3c2)C1. The van der Waals surface area contributed by atoms with Gasteiger partial charge in [0.25, 0.3) is 0 Å². The summed E-state index contributed by atoms with van der Waals surface area (Å²) in [6, 6.07) is 12.1. The minimum Gasteiger partial charge on any atom is -0.371 e. The number of aromatic amines is 1. The van der Waals surface area contributed by atoms with Crippen molar-refractivity contribution in [2.45, 2.75) is 26.7 Å². The van der Waals surface area contributed by atoms with Crippen LogP contribution in [0.1, 0.15) is 25.8 Å². The Bertz CT molecular complexity index is 1250. The fourth-order valence-corrected chi connectivity index (χ4v) is 5.76. The molecule has 0 bridgehead atoms. The Balaban J connectivity index is 1.32. The van der Waals surface area contributed by atoms with Gasteiger partial charge >= 0.3 is 0 Å². The van der Waals surface area contributed by atoms with Crippen LogP contribution in [0.25, 0.3) is 21.1 Å². The lowest BCUT2D eigenvalue weighted by molar-refractivity contribution is -0.115. The third-order valence-corrected chi connectivity index (χ3v) is 7.10. The quantitative estimate of drug-likeness (QED) is 0.393. The first kappa shape index (κ1) is 20.3. The maximum absolute atomic E-state index is 12.7. The van der Waals surface area contributed by atoms with Gasteiger partial charge in [-0.3, -0.25) is 4.79 Å².